The number of aryl methyl sites for hydroxylation is 1. The van der Waals surface area contributed by atoms with Crippen molar-refractivity contribution in [2.75, 3.05) is 11.1 Å². The van der Waals surface area contributed by atoms with Gasteiger partial charge in [0.1, 0.15) is 5.82 Å². The van der Waals surface area contributed by atoms with Gasteiger partial charge in [-0.1, -0.05) is 30.0 Å². The van der Waals surface area contributed by atoms with Crippen LogP contribution in [-0.4, -0.2) is 31.4 Å². The molecule has 1 saturated carbocycles. The molecule has 6 nitrogen and oxygen atoms in total. The average molecular weight is 371 g/mol. The van der Waals surface area contributed by atoms with Crippen molar-refractivity contribution >= 4 is 34.1 Å². The molecule has 8 heteroatoms. The van der Waals surface area contributed by atoms with Gasteiger partial charge in [0.05, 0.1) is 17.1 Å². The van der Waals surface area contributed by atoms with Gasteiger partial charge in [-0.2, -0.15) is 0 Å². The van der Waals surface area contributed by atoms with Crippen molar-refractivity contribution in [3.05, 3.63) is 47.2 Å². The highest BCUT2D eigenvalue weighted by atomic mass is 32.2. The second-order valence-corrected chi connectivity index (χ2v) is 7.71. The summed E-state index contributed by atoms with van der Waals surface area (Å²) in [6.45, 7) is 1.90. The molecule has 0 bridgehead atoms. The van der Waals surface area contributed by atoms with Crippen LogP contribution in [-0.2, 0) is 4.79 Å². The van der Waals surface area contributed by atoms with E-state index in [-0.39, 0.29) is 11.7 Å². The van der Waals surface area contributed by atoms with Gasteiger partial charge in [-0.25, -0.2) is 14.6 Å². The molecule has 1 aromatic carbocycles. The minimum Gasteiger partial charge on any atom is -0.301 e. The summed E-state index contributed by atoms with van der Waals surface area (Å²) in [5.41, 5.74) is 1.91. The molecule has 4 rings (SSSR count). The lowest BCUT2D eigenvalue weighted by atomic mass is 10.3. The monoisotopic (exact) mass is 371 g/mol. The lowest BCUT2D eigenvalue weighted by molar-refractivity contribution is -0.113. The van der Waals surface area contributed by atoms with Crippen LogP contribution in [0.1, 0.15) is 30.3 Å². The molecular formula is C17H17N5OS2. The van der Waals surface area contributed by atoms with Crippen molar-refractivity contribution in [2.24, 2.45) is 0 Å². The summed E-state index contributed by atoms with van der Waals surface area (Å²) < 4.78 is 1.90. The molecule has 1 fully saturated rings. The van der Waals surface area contributed by atoms with E-state index in [2.05, 4.69) is 20.4 Å². The van der Waals surface area contributed by atoms with Crippen LogP contribution in [0.25, 0.3) is 5.69 Å². The van der Waals surface area contributed by atoms with E-state index in [1.165, 1.54) is 23.1 Å². The molecule has 1 N–H and O–H groups in total. The van der Waals surface area contributed by atoms with E-state index in [9.17, 15) is 4.79 Å². The van der Waals surface area contributed by atoms with Crippen molar-refractivity contribution in [1.29, 1.82) is 0 Å². The maximum atomic E-state index is 12.1. The van der Waals surface area contributed by atoms with Crippen LogP contribution >= 0.6 is 23.1 Å². The summed E-state index contributed by atoms with van der Waals surface area (Å²) in [6, 6.07) is 10.0. The van der Waals surface area contributed by atoms with Gasteiger partial charge in [-0.15, -0.1) is 16.4 Å². The van der Waals surface area contributed by atoms with E-state index >= 15 is 0 Å². The number of thioether (sulfide) groups is 1. The molecule has 0 atom stereocenters. The highest BCUT2D eigenvalue weighted by molar-refractivity contribution is 7.99. The Bertz CT molecular complexity index is 886. The Balaban J connectivity index is 1.45. The number of thiazole rings is 1. The van der Waals surface area contributed by atoms with Crippen molar-refractivity contribution < 1.29 is 4.79 Å². The summed E-state index contributed by atoms with van der Waals surface area (Å²) >= 11 is 2.78. The van der Waals surface area contributed by atoms with Crippen molar-refractivity contribution in [3.8, 4) is 5.69 Å². The summed E-state index contributed by atoms with van der Waals surface area (Å²) in [5.74, 6) is 1.64. The van der Waals surface area contributed by atoms with E-state index in [0.717, 1.165) is 30.0 Å². The number of hydrogen-bond acceptors (Lipinski definition) is 6. The molecule has 0 aliphatic heterocycles. The average Bonchev–Trinajstić information content (AvgIpc) is 3.25. The highest BCUT2D eigenvalue weighted by Gasteiger charge is 2.30. The van der Waals surface area contributed by atoms with Crippen LogP contribution < -0.4 is 5.32 Å². The second kappa shape index (κ2) is 6.97. The predicted molar refractivity (Wildman–Crippen MR) is 99.5 cm³/mol. The van der Waals surface area contributed by atoms with E-state index in [1.807, 2.05) is 47.3 Å². The molecule has 1 amide bonds. The van der Waals surface area contributed by atoms with Crippen LogP contribution in [0.5, 0.6) is 0 Å². The molecule has 3 aromatic rings. The number of aromatic nitrogens is 4. The second-order valence-electron chi connectivity index (χ2n) is 5.91. The van der Waals surface area contributed by atoms with Gasteiger partial charge in [-0.05, 0) is 31.9 Å². The third-order valence-electron chi connectivity index (χ3n) is 3.75. The van der Waals surface area contributed by atoms with Crippen LogP contribution in [0.4, 0.5) is 5.13 Å². The van der Waals surface area contributed by atoms with Crippen LogP contribution in [0.3, 0.4) is 0 Å². The Morgan fingerprint density at radius 2 is 2.12 bits per heavy atom. The van der Waals surface area contributed by atoms with Crippen molar-refractivity contribution in [3.63, 3.8) is 0 Å². The number of amides is 1. The normalized spacial score (nSPS) is 13.8. The van der Waals surface area contributed by atoms with Crippen LogP contribution in [0.15, 0.2) is 40.9 Å². The summed E-state index contributed by atoms with van der Waals surface area (Å²) in [5, 5.41) is 10.6. The third kappa shape index (κ3) is 3.91. The fraction of sp³-hybridized carbons (Fsp3) is 0.294. The number of para-hydroxylation sites is 1. The molecule has 0 spiro atoms. The minimum atomic E-state index is -0.0941. The fourth-order valence-electron chi connectivity index (χ4n) is 2.43. The predicted octanol–water partition coefficient (Wildman–Crippen LogP) is 3.64. The first-order valence-electron chi connectivity index (χ1n) is 8.06. The Kier molecular flexibility index (Phi) is 4.54. The maximum absolute atomic E-state index is 12.1. The lowest BCUT2D eigenvalue weighted by Crippen LogP contribution is -2.14. The molecule has 0 radical (unpaired) electrons. The Morgan fingerprint density at radius 1 is 1.32 bits per heavy atom. The first kappa shape index (κ1) is 16.3. The van der Waals surface area contributed by atoms with Gasteiger partial charge in [0.15, 0.2) is 5.13 Å². The maximum Gasteiger partial charge on any atom is 0.236 e. The molecule has 1 aliphatic carbocycles. The van der Waals surface area contributed by atoms with Gasteiger partial charge < -0.3 is 5.32 Å². The topological polar surface area (TPSA) is 72.7 Å². The first-order chi connectivity index (χ1) is 12.2. The third-order valence-corrected chi connectivity index (χ3v) is 5.47. The molecule has 1 aliphatic rings. The summed E-state index contributed by atoms with van der Waals surface area (Å²) in [7, 11) is 0. The number of carbonyl (C=O) groups is 1. The quantitative estimate of drug-likeness (QED) is 0.670. The van der Waals surface area contributed by atoms with E-state index < -0.39 is 0 Å². The molecule has 2 aromatic heterocycles. The van der Waals surface area contributed by atoms with Crippen LogP contribution in [0.2, 0.25) is 0 Å². The summed E-state index contributed by atoms with van der Waals surface area (Å²) in [6.07, 6.45) is 2.30. The van der Waals surface area contributed by atoms with E-state index in [0.29, 0.717) is 16.2 Å². The zero-order valence-electron chi connectivity index (χ0n) is 13.7. The Hall–Kier alpha value is -2.19. The zero-order chi connectivity index (χ0) is 17.2. The Labute approximate surface area is 153 Å². The molecule has 128 valence electrons. The number of hydrogen-bond donors (Lipinski definition) is 1. The molecular weight excluding hydrogens is 354 g/mol. The molecule has 0 saturated heterocycles. The highest BCUT2D eigenvalue weighted by Crippen LogP contribution is 2.40. The smallest absolute Gasteiger partial charge is 0.236 e. The van der Waals surface area contributed by atoms with Gasteiger partial charge >= 0.3 is 0 Å². The fourth-order valence-corrected chi connectivity index (χ4v) is 3.76. The molecule has 25 heavy (non-hydrogen) atoms. The Morgan fingerprint density at radius 3 is 2.80 bits per heavy atom. The van der Waals surface area contributed by atoms with E-state index in [1.54, 1.807) is 0 Å². The first-order valence-corrected chi connectivity index (χ1v) is 9.93. The number of benzene rings is 1. The van der Waals surface area contributed by atoms with Crippen molar-refractivity contribution in [1.82, 2.24) is 19.7 Å². The number of carbonyl (C=O) groups excluding carboxylic acids is 1. The van der Waals surface area contributed by atoms with Gasteiger partial charge in [0.2, 0.25) is 11.1 Å². The number of nitrogens with one attached hydrogen (secondary N) is 1. The SMILES string of the molecule is Cc1csc(NC(=O)CSc2nc(C3CC3)n(-c3ccccc3)n2)n1. The zero-order valence-corrected chi connectivity index (χ0v) is 15.3. The number of anilines is 1. The molecule has 0 unspecified atom stereocenters. The van der Waals surface area contributed by atoms with Gasteiger partial charge in [0, 0.05) is 11.3 Å². The van der Waals surface area contributed by atoms with Gasteiger partial charge in [0.25, 0.3) is 0 Å². The number of rotatable bonds is 6. The lowest BCUT2D eigenvalue weighted by Gasteiger charge is -2.03. The number of nitrogens with zero attached hydrogens (tertiary/aromatic N) is 4. The standard InChI is InChI=1S/C17H17N5OS2/c1-11-9-24-16(18-11)19-14(23)10-25-17-20-15(12-7-8-12)22(21-17)13-5-3-2-4-6-13/h2-6,9,12H,7-8,10H2,1H3,(H,18,19,23). The largest absolute Gasteiger partial charge is 0.301 e. The van der Waals surface area contributed by atoms with E-state index in [4.69, 9.17) is 0 Å². The van der Waals surface area contributed by atoms with Gasteiger partial charge in [-0.3, -0.25) is 4.79 Å². The van der Waals surface area contributed by atoms with Crippen LogP contribution in [0, 0.1) is 6.92 Å². The van der Waals surface area contributed by atoms with Crippen molar-refractivity contribution in [2.45, 2.75) is 30.8 Å². The summed E-state index contributed by atoms with van der Waals surface area (Å²) in [4.78, 5) is 21.0. The minimum absolute atomic E-state index is 0.0941. The molecule has 2 heterocycles.